The molecule has 0 unspecified atom stereocenters. The molecule has 0 saturated heterocycles. The van der Waals surface area contributed by atoms with Crippen molar-refractivity contribution in [3.05, 3.63) is 83.5 Å². The molecule has 2 aliphatic rings. The first-order valence-corrected chi connectivity index (χ1v) is 8.91. The van der Waals surface area contributed by atoms with E-state index < -0.39 is 0 Å². The highest BCUT2D eigenvalue weighted by atomic mass is 16.1. The molecular weight excluding hydrogens is 348 g/mol. The molecule has 0 amide bonds. The van der Waals surface area contributed by atoms with Crippen molar-refractivity contribution in [3.63, 3.8) is 0 Å². The van der Waals surface area contributed by atoms with E-state index in [2.05, 4.69) is 26.5 Å². The van der Waals surface area contributed by atoms with Crippen molar-refractivity contribution in [1.82, 2.24) is 19.9 Å². The maximum absolute atomic E-state index is 12.3. The van der Waals surface area contributed by atoms with Crippen molar-refractivity contribution in [2.75, 3.05) is 0 Å². The molecule has 28 heavy (non-hydrogen) atoms. The predicted octanol–water partition coefficient (Wildman–Crippen LogP) is 5.02. The number of aromatic nitrogens is 4. The van der Waals surface area contributed by atoms with Gasteiger partial charge in [0.1, 0.15) is 0 Å². The largest absolute Gasteiger partial charge is 0.355 e. The first kappa shape index (κ1) is 16.2. The Morgan fingerprint density at radius 1 is 0.750 bits per heavy atom. The topological polar surface area (TPSA) is 74.4 Å². The lowest BCUT2D eigenvalue weighted by atomic mass is 10.1. The van der Waals surface area contributed by atoms with Crippen molar-refractivity contribution in [1.29, 1.82) is 0 Å². The Hall–Kier alpha value is -3.99. The van der Waals surface area contributed by atoms with Crippen LogP contribution in [-0.2, 0) is 0 Å². The Morgan fingerprint density at radius 3 is 1.86 bits per heavy atom. The van der Waals surface area contributed by atoms with E-state index in [0.717, 1.165) is 39.3 Å². The highest BCUT2D eigenvalue weighted by molar-refractivity contribution is 6.10. The summed E-state index contributed by atoms with van der Waals surface area (Å²) in [7, 11) is 0. The quantitative estimate of drug-likeness (QED) is 0.341. The lowest BCUT2D eigenvalue weighted by Crippen LogP contribution is -1.90. The van der Waals surface area contributed by atoms with Gasteiger partial charge < -0.3 is 9.97 Å². The molecule has 8 bridgehead atoms. The van der Waals surface area contributed by atoms with E-state index in [-0.39, 0.29) is 5.78 Å². The van der Waals surface area contributed by atoms with Crippen LogP contribution in [0.5, 0.6) is 0 Å². The van der Waals surface area contributed by atoms with Gasteiger partial charge in [0.25, 0.3) is 0 Å². The molecule has 5 nitrogen and oxygen atoms in total. The number of rotatable bonds is 2. The van der Waals surface area contributed by atoms with Gasteiger partial charge in [-0.3, -0.25) is 4.79 Å². The Bertz CT molecular complexity index is 1350. The van der Waals surface area contributed by atoms with Crippen LogP contribution < -0.4 is 0 Å². The van der Waals surface area contributed by atoms with Crippen LogP contribution in [0.4, 0.5) is 0 Å². The van der Waals surface area contributed by atoms with Crippen LogP contribution in [0.15, 0.2) is 55.1 Å². The average Bonchev–Trinajstić information content (AvgIpc) is 3.45. The number of carbonyl (C=O) groups is 1. The maximum Gasteiger partial charge on any atom is 0.187 e. The van der Waals surface area contributed by atoms with Gasteiger partial charge in [-0.2, -0.15) is 0 Å². The highest BCUT2D eigenvalue weighted by Gasteiger charge is 2.09. The standard InChI is InChI=1S/C23H16N4O/c1-2-23(28)21-12-20-11-18-6-5-16(25-18)9-14-3-4-15(24-14)10-17-7-8-19(26-17)13-22(21)27-20/h2-13,24,27H,1H2. The fourth-order valence-electron chi connectivity index (χ4n) is 3.33. The van der Waals surface area contributed by atoms with Gasteiger partial charge in [0.15, 0.2) is 5.78 Å². The molecule has 3 aromatic heterocycles. The molecule has 0 aliphatic carbocycles. The van der Waals surface area contributed by atoms with Crippen LogP contribution in [0.1, 0.15) is 33.1 Å². The van der Waals surface area contributed by atoms with Crippen molar-refractivity contribution in [2.24, 2.45) is 0 Å². The third-order valence-electron chi connectivity index (χ3n) is 4.62. The lowest BCUT2D eigenvalue weighted by molar-refractivity contribution is 0.104. The fourth-order valence-corrected chi connectivity index (χ4v) is 3.33. The highest BCUT2D eigenvalue weighted by Crippen LogP contribution is 2.20. The van der Waals surface area contributed by atoms with Crippen molar-refractivity contribution in [2.45, 2.75) is 0 Å². The van der Waals surface area contributed by atoms with Crippen LogP contribution in [0, 0.1) is 0 Å². The number of aromatic amines is 2. The van der Waals surface area contributed by atoms with Crippen LogP contribution in [0.3, 0.4) is 0 Å². The van der Waals surface area contributed by atoms with Gasteiger partial charge in [-0.1, -0.05) is 6.58 Å². The third kappa shape index (κ3) is 2.99. The summed E-state index contributed by atoms with van der Waals surface area (Å²) in [6, 6.07) is 13.6. The Labute approximate surface area is 160 Å². The molecule has 5 heterocycles. The van der Waals surface area contributed by atoms with Gasteiger partial charge in [-0.15, -0.1) is 0 Å². The van der Waals surface area contributed by atoms with E-state index in [1.807, 2.05) is 66.8 Å². The smallest absolute Gasteiger partial charge is 0.187 e. The van der Waals surface area contributed by atoms with Crippen LogP contribution in [0.25, 0.3) is 46.4 Å². The summed E-state index contributed by atoms with van der Waals surface area (Å²) in [5.74, 6) is -0.138. The summed E-state index contributed by atoms with van der Waals surface area (Å²) in [5, 5.41) is 0. The summed E-state index contributed by atoms with van der Waals surface area (Å²) in [6.45, 7) is 3.61. The second kappa shape index (κ2) is 6.32. The molecule has 134 valence electrons. The fraction of sp³-hybridized carbons (Fsp3) is 0. The molecule has 5 rings (SSSR count). The third-order valence-corrected chi connectivity index (χ3v) is 4.62. The van der Waals surface area contributed by atoms with Crippen molar-refractivity contribution < 1.29 is 4.79 Å². The van der Waals surface area contributed by atoms with Gasteiger partial charge in [-0.05, 0) is 72.8 Å². The molecule has 3 aromatic rings. The molecule has 0 spiro atoms. The number of allylic oxidation sites excluding steroid dienone is 1. The van der Waals surface area contributed by atoms with Crippen LogP contribution in [0.2, 0.25) is 0 Å². The van der Waals surface area contributed by atoms with E-state index in [1.54, 1.807) is 0 Å². The molecular formula is C23H16N4O. The number of carbonyl (C=O) groups excluding carboxylic acids is 1. The zero-order valence-electron chi connectivity index (χ0n) is 14.9. The summed E-state index contributed by atoms with van der Waals surface area (Å²) >= 11 is 0. The minimum absolute atomic E-state index is 0.138. The molecule has 5 heteroatoms. The number of nitrogens with one attached hydrogen (secondary N) is 2. The number of hydrogen-bond donors (Lipinski definition) is 2. The van der Waals surface area contributed by atoms with Gasteiger partial charge in [0, 0.05) is 22.1 Å². The van der Waals surface area contributed by atoms with E-state index >= 15 is 0 Å². The minimum atomic E-state index is -0.138. The lowest BCUT2D eigenvalue weighted by Gasteiger charge is -1.90. The zero-order valence-corrected chi connectivity index (χ0v) is 14.9. The summed E-state index contributed by atoms with van der Waals surface area (Å²) < 4.78 is 0. The van der Waals surface area contributed by atoms with Gasteiger partial charge in [0.05, 0.1) is 28.3 Å². The van der Waals surface area contributed by atoms with E-state index in [9.17, 15) is 4.79 Å². The Balaban J connectivity index is 1.86. The SMILES string of the molecule is C=CC(=O)c1cc2cc3nc(cc4ccc(cc5nc(cc1[nH]2)C=C5)[nH]4)C=C3. The average molecular weight is 364 g/mol. The van der Waals surface area contributed by atoms with Crippen LogP contribution >= 0.6 is 0 Å². The molecule has 2 N–H and O–H groups in total. The molecule has 0 radical (unpaired) electrons. The number of hydrogen-bond acceptors (Lipinski definition) is 3. The summed E-state index contributed by atoms with van der Waals surface area (Å²) in [5.41, 5.74) is 7.30. The van der Waals surface area contributed by atoms with Gasteiger partial charge in [-0.25, -0.2) is 9.97 Å². The zero-order chi connectivity index (χ0) is 19.1. The first-order chi connectivity index (χ1) is 13.7. The van der Waals surface area contributed by atoms with Crippen molar-refractivity contribution >= 4 is 52.2 Å². The molecule has 0 atom stereocenters. The number of nitrogens with zero attached hydrogens (tertiary/aromatic N) is 2. The number of ketones is 1. The van der Waals surface area contributed by atoms with E-state index in [4.69, 9.17) is 0 Å². The molecule has 0 saturated carbocycles. The number of H-pyrrole nitrogens is 2. The summed E-state index contributed by atoms with van der Waals surface area (Å²) in [4.78, 5) is 28.2. The Morgan fingerprint density at radius 2 is 1.29 bits per heavy atom. The van der Waals surface area contributed by atoms with Gasteiger partial charge >= 0.3 is 0 Å². The minimum Gasteiger partial charge on any atom is -0.355 e. The maximum atomic E-state index is 12.3. The summed E-state index contributed by atoms with van der Waals surface area (Å²) in [6.07, 6.45) is 9.11. The van der Waals surface area contributed by atoms with Crippen LogP contribution in [-0.4, -0.2) is 25.7 Å². The van der Waals surface area contributed by atoms with E-state index in [0.29, 0.717) is 11.1 Å². The molecule has 2 aliphatic heterocycles. The predicted molar refractivity (Wildman–Crippen MR) is 113 cm³/mol. The molecule has 0 fully saturated rings. The molecule has 0 aromatic carbocycles. The van der Waals surface area contributed by atoms with E-state index in [1.165, 1.54) is 6.08 Å². The normalized spacial score (nSPS) is 12.3. The first-order valence-electron chi connectivity index (χ1n) is 8.91. The second-order valence-corrected chi connectivity index (χ2v) is 6.66. The Kier molecular flexibility index (Phi) is 3.66. The van der Waals surface area contributed by atoms with Crippen molar-refractivity contribution in [3.8, 4) is 0 Å². The number of fused-ring (bicyclic) bond motifs is 8. The monoisotopic (exact) mass is 364 g/mol. The van der Waals surface area contributed by atoms with Gasteiger partial charge in [0.2, 0.25) is 0 Å². The second-order valence-electron chi connectivity index (χ2n) is 6.66.